The third kappa shape index (κ3) is 10.1. The summed E-state index contributed by atoms with van der Waals surface area (Å²) in [6.07, 6.45) is 7.53. The van der Waals surface area contributed by atoms with E-state index in [1.807, 2.05) is 39.5 Å². The summed E-state index contributed by atoms with van der Waals surface area (Å²) in [6, 6.07) is 0. The van der Waals surface area contributed by atoms with E-state index in [1.165, 1.54) is 7.11 Å². The van der Waals surface area contributed by atoms with Crippen LogP contribution in [0.2, 0.25) is 0 Å². The summed E-state index contributed by atoms with van der Waals surface area (Å²) >= 11 is 1.85. The van der Waals surface area contributed by atoms with E-state index in [0.29, 0.717) is 13.0 Å². The topological polar surface area (TPSA) is 52.6 Å². The molecule has 24 heavy (non-hydrogen) atoms. The Labute approximate surface area is 151 Å². The molecule has 0 spiro atoms. The normalized spacial score (nSPS) is 13.3. The van der Waals surface area contributed by atoms with E-state index in [-0.39, 0.29) is 16.3 Å². The maximum Gasteiger partial charge on any atom is 0.313 e. The molecule has 0 aromatic heterocycles. The summed E-state index contributed by atoms with van der Waals surface area (Å²) in [7, 11) is 1.40. The second-order valence-electron chi connectivity index (χ2n) is 7.88. The molecule has 0 rings (SSSR count). The van der Waals surface area contributed by atoms with Crippen molar-refractivity contribution in [2.24, 2.45) is 5.41 Å². The van der Waals surface area contributed by atoms with Crippen molar-refractivity contribution in [1.82, 2.24) is 0 Å². The minimum atomic E-state index is -0.645. The Morgan fingerprint density at radius 1 is 1.08 bits per heavy atom. The van der Waals surface area contributed by atoms with Crippen molar-refractivity contribution < 1.29 is 19.1 Å². The largest absolute Gasteiger partial charge is 0.469 e. The molecule has 0 fully saturated rings. The van der Waals surface area contributed by atoms with Crippen LogP contribution in [0, 0.1) is 5.41 Å². The van der Waals surface area contributed by atoms with Crippen LogP contribution in [-0.4, -0.2) is 42.1 Å². The van der Waals surface area contributed by atoms with Crippen molar-refractivity contribution in [2.45, 2.75) is 71.2 Å². The lowest BCUT2D eigenvalue weighted by Gasteiger charge is -2.29. The van der Waals surface area contributed by atoms with Gasteiger partial charge in [0.15, 0.2) is 0 Å². The van der Waals surface area contributed by atoms with Crippen molar-refractivity contribution in [1.29, 1.82) is 0 Å². The number of methoxy groups -OCH3 is 1. The second-order valence-corrected chi connectivity index (χ2v) is 9.60. The standard InChI is InChI=1S/C19H34O4S/c1-17(2,16(21)22-7)15-23-18(3,4)11-8-9-14-24-19(5,6)12-10-13-20/h8-9,13H,10-12,14-15H2,1-7H3/b9-8+. The van der Waals surface area contributed by atoms with Gasteiger partial charge in [0, 0.05) is 16.9 Å². The lowest BCUT2D eigenvalue weighted by molar-refractivity contribution is -0.157. The van der Waals surface area contributed by atoms with Gasteiger partial charge in [-0.2, -0.15) is 11.8 Å². The molecule has 0 saturated heterocycles. The molecule has 0 unspecified atom stereocenters. The van der Waals surface area contributed by atoms with Gasteiger partial charge in [-0.15, -0.1) is 0 Å². The van der Waals surface area contributed by atoms with Crippen LogP contribution in [-0.2, 0) is 19.1 Å². The number of esters is 1. The average molecular weight is 359 g/mol. The van der Waals surface area contributed by atoms with Gasteiger partial charge in [0.1, 0.15) is 6.29 Å². The van der Waals surface area contributed by atoms with Gasteiger partial charge < -0.3 is 14.3 Å². The summed E-state index contributed by atoms with van der Waals surface area (Å²) in [5.74, 6) is 0.651. The Balaban J connectivity index is 4.23. The highest BCUT2D eigenvalue weighted by atomic mass is 32.2. The number of aldehydes is 1. The molecule has 0 aliphatic heterocycles. The average Bonchev–Trinajstić information content (AvgIpc) is 2.50. The van der Waals surface area contributed by atoms with Crippen LogP contribution in [0.25, 0.3) is 0 Å². The van der Waals surface area contributed by atoms with Crippen molar-refractivity contribution in [3.8, 4) is 0 Å². The zero-order valence-corrected chi connectivity index (χ0v) is 17.1. The highest BCUT2D eigenvalue weighted by Crippen LogP contribution is 2.29. The first-order valence-electron chi connectivity index (χ1n) is 8.41. The maximum atomic E-state index is 11.7. The number of hydrogen-bond donors (Lipinski definition) is 0. The van der Waals surface area contributed by atoms with Crippen LogP contribution in [0.1, 0.15) is 60.8 Å². The predicted octanol–water partition coefficient (Wildman–Crippen LogP) is 4.42. The molecule has 4 nitrogen and oxygen atoms in total. The van der Waals surface area contributed by atoms with E-state index in [0.717, 1.165) is 24.9 Å². The molecule has 0 N–H and O–H groups in total. The third-order valence-electron chi connectivity index (χ3n) is 3.77. The number of hydrogen-bond acceptors (Lipinski definition) is 5. The fraction of sp³-hybridized carbons (Fsp3) is 0.789. The number of rotatable bonds is 12. The lowest BCUT2D eigenvalue weighted by Crippen LogP contribution is -2.35. The van der Waals surface area contributed by atoms with E-state index in [1.54, 1.807) is 0 Å². The summed E-state index contributed by atoms with van der Waals surface area (Å²) in [5.41, 5.74) is -0.978. The van der Waals surface area contributed by atoms with Gasteiger partial charge in [-0.3, -0.25) is 4.79 Å². The van der Waals surface area contributed by atoms with Crippen LogP contribution >= 0.6 is 11.8 Å². The Bertz CT molecular complexity index is 425. The molecule has 0 aromatic carbocycles. The summed E-state index contributed by atoms with van der Waals surface area (Å²) < 4.78 is 10.8. The van der Waals surface area contributed by atoms with Crippen molar-refractivity contribution in [3.63, 3.8) is 0 Å². The van der Waals surface area contributed by atoms with Crippen LogP contribution in [0.3, 0.4) is 0 Å². The fourth-order valence-corrected chi connectivity index (χ4v) is 2.90. The predicted molar refractivity (Wildman–Crippen MR) is 101 cm³/mol. The van der Waals surface area contributed by atoms with Gasteiger partial charge in [0.2, 0.25) is 0 Å². The van der Waals surface area contributed by atoms with Crippen LogP contribution in [0.15, 0.2) is 12.2 Å². The number of carbonyl (C=O) groups is 2. The first kappa shape index (κ1) is 23.2. The van der Waals surface area contributed by atoms with Crippen LogP contribution in [0.4, 0.5) is 0 Å². The molecular formula is C19H34O4S. The molecule has 5 heteroatoms. The Hall–Kier alpha value is -0.810. The quantitative estimate of drug-likeness (QED) is 0.294. The van der Waals surface area contributed by atoms with Gasteiger partial charge in [0.05, 0.1) is 24.7 Å². The minimum absolute atomic E-state index is 0.113. The molecule has 0 heterocycles. The van der Waals surface area contributed by atoms with E-state index in [9.17, 15) is 9.59 Å². The molecule has 0 aliphatic rings. The van der Waals surface area contributed by atoms with Crippen LogP contribution in [0.5, 0.6) is 0 Å². The van der Waals surface area contributed by atoms with Gasteiger partial charge in [-0.1, -0.05) is 26.0 Å². The molecule has 0 saturated carbocycles. The molecule has 0 atom stereocenters. The Kier molecular flexibility index (Phi) is 9.90. The smallest absolute Gasteiger partial charge is 0.313 e. The van der Waals surface area contributed by atoms with E-state index in [4.69, 9.17) is 9.47 Å². The van der Waals surface area contributed by atoms with Crippen LogP contribution < -0.4 is 0 Å². The highest BCUT2D eigenvalue weighted by molar-refractivity contribution is 8.00. The molecule has 0 aromatic rings. The SMILES string of the molecule is COC(=O)C(C)(C)COC(C)(C)C/C=C/CSC(C)(C)CCC=O. The minimum Gasteiger partial charge on any atom is -0.469 e. The van der Waals surface area contributed by atoms with Crippen molar-refractivity contribution in [3.05, 3.63) is 12.2 Å². The van der Waals surface area contributed by atoms with E-state index in [2.05, 4.69) is 26.0 Å². The molecule has 0 radical (unpaired) electrons. The second kappa shape index (κ2) is 10.2. The molecule has 140 valence electrons. The Morgan fingerprint density at radius 3 is 2.25 bits per heavy atom. The van der Waals surface area contributed by atoms with E-state index >= 15 is 0 Å². The highest BCUT2D eigenvalue weighted by Gasteiger charge is 2.31. The molecular weight excluding hydrogens is 324 g/mol. The van der Waals surface area contributed by atoms with Gasteiger partial charge in [0.25, 0.3) is 0 Å². The van der Waals surface area contributed by atoms with E-state index < -0.39 is 5.41 Å². The number of thioether (sulfide) groups is 1. The first-order valence-corrected chi connectivity index (χ1v) is 9.39. The lowest BCUT2D eigenvalue weighted by atomic mass is 9.94. The zero-order chi connectivity index (χ0) is 18.9. The third-order valence-corrected chi connectivity index (χ3v) is 5.12. The van der Waals surface area contributed by atoms with Gasteiger partial charge >= 0.3 is 5.97 Å². The monoisotopic (exact) mass is 358 g/mol. The van der Waals surface area contributed by atoms with Gasteiger partial charge in [-0.25, -0.2) is 0 Å². The summed E-state index contributed by atoms with van der Waals surface area (Å²) in [5, 5.41) is 0. The molecule has 0 amide bonds. The van der Waals surface area contributed by atoms with Crippen molar-refractivity contribution in [2.75, 3.05) is 19.5 Å². The first-order chi connectivity index (χ1) is 11.0. The molecule has 0 aliphatic carbocycles. The molecule has 0 bridgehead atoms. The number of carbonyl (C=O) groups excluding carboxylic acids is 2. The number of ether oxygens (including phenoxy) is 2. The summed E-state index contributed by atoms with van der Waals surface area (Å²) in [6.45, 7) is 12.3. The summed E-state index contributed by atoms with van der Waals surface area (Å²) in [4.78, 5) is 22.1. The zero-order valence-electron chi connectivity index (χ0n) is 16.3. The Morgan fingerprint density at radius 2 is 1.71 bits per heavy atom. The fourth-order valence-electron chi connectivity index (χ4n) is 1.96. The van der Waals surface area contributed by atoms with Crippen molar-refractivity contribution >= 4 is 24.0 Å². The maximum absolute atomic E-state index is 11.7. The van der Waals surface area contributed by atoms with Gasteiger partial charge in [-0.05, 0) is 40.5 Å².